The van der Waals surface area contributed by atoms with Gasteiger partial charge in [-0.05, 0) is 42.3 Å². The molecule has 156 valence electrons. The highest BCUT2D eigenvalue weighted by molar-refractivity contribution is 6.31. The minimum atomic E-state index is -0.193. The van der Waals surface area contributed by atoms with Crippen molar-refractivity contribution in [3.63, 3.8) is 0 Å². The van der Waals surface area contributed by atoms with Gasteiger partial charge in [-0.3, -0.25) is 9.78 Å². The number of aromatic nitrogens is 2. The Morgan fingerprint density at radius 1 is 1.06 bits per heavy atom. The zero-order valence-electron chi connectivity index (χ0n) is 17.0. The molecule has 1 atom stereocenters. The Morgan fingerprint density at radius 2 is 1.90 bits per heavy atom. The van der Waals surface area contributed by atoms with E-state index in [2.05, 4.69) is 9.97 Å². The first-order valence-corrected chi connectivity index (χ1v) is 10.9. The molecule has 5 rings (SSSR count). The maximum absolute atomic E-state index is 13.5. The number of nitrogens with zero attached hydrogens (tertiary/aromatic N) is 3. The lowest BCUT2D eigenvalue weighted by atomic mass is 10.0. The fraction of sp³-hybridized carbons (Fsp3) is 0.240. The van der Waals surface area contributed by atoms with Crippen LogP contribution in [0.25, 0.3) is 10.8 Å². The quantitative estimate of drug-likeness (QED) is 0.407. The topological polar surface area (TPSA) is 59.2 Å². The molecule has 1 saturated heterocycles. The summed E-state index contributed by atoms with van der Waals surface area (Å²) in [4.78, 5) is 24.3. The van der Waals surface area contributed by atoms with Crippen molar-refractivity contribution in [2.24, 2.45) is 0 Å². The van der Waals surface area contributed by atoms with Crippen molar-refractivity contribution in [1.82, 2.24) is 14.9 Å². The number of oxazole rings is 1. The van der Waals surface area contributed by atoms with Gasteiger partial charge in [0.05, 0.1) is 6.20 Å². The van der Waals surface area contributed by atoms with Crippen LogP contribution in [0.2, 0.25) is 5.02 Å². The van der Waals surface area contributed by atoms with Crippen LogP contribution in [0.15, 0.2) is 71.4 Å². The molecule has 6 heteroatoms. The lowest BCUT2D eigenvalue weighted by Gasteiger charge is -2.33. The molecule has 31 heavy (non-hydrogen) atoms. The van der Waals surface area contributed by atoms with Crippen LogP contribution in [-0.2, 0) is 6.42 Å². The summed E-state index contributed by atoms with van der Waals surface area (Å²) in [5.41, 5.74) is 1.47. The van der Waals surface area contributed by atoms with E-state index in [-0.39, 0.29) is 11.9 Å². The predicted molar refractivity (Wildman–Crippen MR) is 120 cm³/mol. The van der Waals surface area contributed by atoms with Gasteiger partial charge in [-0.1, -0.05) is 54.1 Å². The van der Waals surface area contributed by atoms with E-state index in [9.17, 15) is 4.79 Å². The Hall–Kier alpha value is -3.18. The second-order valence-corrected chi connectivity index (χ2v) is 8.23. The predicted octanol–water partition coefficient (Wildman–Crippen LogP) is 5.83. The minimum absolute atomic E-state index is 0.0765. The summed E-state index contributed by atoms with van der Waals surface area (Å²) < 4.78 is 6.10. The molecular formula is C25H22ClN3O2. The first-order valence-electron chi connectivity index (χ1n) is 10.5. The fourth-order valence-electron chi connectivity index (χ4n) is 4.25. The smallest absolute Gasteiger partial charge is 0.273 e. The number of fused-ring (bicyclic) bond motifs is 1. The Kier molecular flexibility index (Phi) is 5.43. The van der Waals surface area contributed by atoms with Crippen LogP contribution in [-0.4, -0.2) is 27.3 Å². The van der Waals surface area contributed by atoms with Crippen LogP contribution in [0, 0.1) is 0 Å². The van der Waals surface area contributed by atoms with Crippen molar-refractivity contribution in [2.45, 2.75) is 31.7 Å². The molecule has 1 aliphatic heterocycles. The highest BCUT2D eigenvalue weighted by atomic mass is 35.5. The third-order valence-corrected chi connectivity index (χ3v) is 6.19. The lowest BCUT2D eigenvalue weighted by Crippen LogP contribution is -2.39. The largest absolute Gasteiger partial charge is 0.443 e. The van der Waals surface area contributed by atoms with E-state index in [1.54, 1.807) is 12.4 Å². The third-order valence-electron chi connectivity index (χ3n) is 5.82. The first kappa shape index (κ1) is 19.8. The monoisotopic (exact) mass is 431 g/mol. The molecule has 1 amide bonds. The van der Waals surface area contributed by atoms with Crippen molar-refractivity contribution in [3.05, 3.63) is 94.9 Å². The third kappa shape index (κ3) is 3.93. The van der Waals surface area contributed by atoms with Crippen molar-refractivity contribution in [2.75, 3.05) is 6.54 Å². The normalized spacial score (nSPS) is 16.5. The number of piperidine rings is 1. The molecule has 5 nitrogen and oxygen atoms in total. The summed E-state index contributed by atoms with van der Waals surface area (Å²) >= 11 is 6.29. The summed E-state index contributed by atoms with van der Waals surface area (Å²) in [5.74, 6) is 1.24. The standard InChI is InChI=1S/C25H22ClN3O2/c26-21-10-4-2-8-18(21)15-19-16-28-24(31-19)22-11-5-6-14-29(22)25(30)23-20-9-3-1-7-17(20)12-13-27-23/h1-4,7-10,12-13,16,22H,5-6,11,14-15H2/t22-/m1/s1. The summed E-state index contributed by atoms with van der Waals surface area (Å²) in [6, 6.07) is 17.3. The zero-order chi connectivity index (χ0) is 21.2. The molecule has 3 heterocycles. The maximum atomic E-state index is 13.5. The minimum Gasteiger partial charge on any atom is -0.443 e. The highest BCUT2D eigenvalue weighted by Crippen LogP contribution is 2.33. The number of halogens is 1. The average molecular weight is 432 g/mol. The Balaban J connectivity index is 1.43. The van der Waals surface area contributed by atoms with Gasteiger partial charge in [-0.2, -0.15) is 0 Å². The molecule has 1 fully saturated rings. The van der Waals surface area contributed by atoms with Gasteiger partial charge in [-0.25, -0.2) is 4.98 Å². The van der Waals surface area contributed by atoms with Crippen LogP contribution < -0.4 is 0 Å². The van der Waals surface area contributed by atoms with E-state index in [0.29, 0.717) is 29.6 Å². The van der Waals surface area contributed by atoms with E-state index in [0.717, 1.165) is 41.4 Å². The lowest BCUT2D eigenvalue weighted by molar-refractivity contribution is 0.0566. The zero-order valence-corrected chi connectivity index (χ0v) is 17.8. The molecule has 0 aliphatic carbocycles. The van der Waals surface area contributed by atoms with Crippen molar-refractivity contribution >= 4 is 28.3 Å². The molecule has 0 N–H and O–H groups in total. The fourth-order valence-corrected chi connectivity index (χ4v) is 4.45. The molecule has 4 aromatic rings. The molecule has 2 aromatic heterocycles. The number of pyridine rings is 1. The van der Waals surface area contributed by atoms with Crippen LogP contribution in [0.3, 0.4) is 0 Å². The molecule has 1 aliphatic rings. The molecule has 0 saturated carbocycles. The van der Waals surface area contributed by atoms with Gasteiger partial charge in [0.1, 0.15) is 17.5 Å². The van der Waals surface area contributed by atoms with E-state index >= 15 is 0 Å². The summed E-state index contributed by atoms with van der Waals surface area (Å²) in [6.07, 6.45) is 6.81. The summed E-state index contributed by atoms with van der Waals surface area (Å²) in [7, 11) is 0. The number of hydrogen-bond donors (Lipinski definition) is 0. The molecule has 0 bridgehead atoms. The van der Waals surface area contributed by atoms with Crippen LogP contribution in [0.1, 0.15) is 53.0 Å². The molecule has 0 unspecified atom stereocenters. The average Bonchev–Trinajstić information content (AvgIpc) is 3.28. The Morgan fingerprint density at radius 3 is 2.81 bits per heavy atom. The number of benzene rings is 2. The summed E-state index contributed by atoms with van der Waals surface area (Å²) in [5, 5.41) is 2.58. The van der Waals surface area contributed by atoms with E-state index in [1.165, 1.54) is 0 Å². The maximum Gasteiger partial charge on any atom is 0.273 e. The van der Waals surface area contributed by atoms with Crippen LogP contribution >= 0.6 is 11.6 Å². The molecule has 2 aromatic carbocycles. The van der Waals surface area contributed by atoms with Gasteiger partial charge < -0.3 is 9.32 Å². The number of hydrogen-bond acceptors (Lipinski definition) is 4. The number of rotatable bonds is 4. The van der Waals surface area contributed by atoms with Crippen molar-refractivity contribution in [3.8, 4) is 0 Å². The van der Waals surface area contributed by atoms with E-state index < -0.39 is 0 Å². The van der Waals surface area contributed by atoms with Crippen LogP contribution in [0.4, 0.5) is 0 Å². The second kappa shape index (κ2) is 8.52. The number of carbonyl (C=O) groups is 1. The number of carbonyl (C=O) groups excluding carboxylic acids is 1. The van der Waals surface area contributed by atoms with E-state index in [1.807, 2.05) is 59.5 Å². The molecular weight excluding hydrogens is 410 g/mol. The summed E-state index contributed by atoms with van der Waals surface area (Å²) in [6.45, 7) is 0.663. The molecule has 0 radical (unpaired) electrons. The van der Waals surface area contributed by atoms with Gasteiger partial charge in [0.2, 0.25) is 5.89 Å². The number of amides is 1. The van der Waals surface area contributed by atoms with Crippen LogP contribution in [0.5, 0.6) is 0 Å². The van der Waals surface area contributed by atoms with Gasteiger partial charge in [0.15, 0.2) is 0 Å². The Bertz CT molecular complexity index is 1230. The number of likely N-dealkylation sites (tertiary alicyclic amines) is 1. The SMILES string of the molecule is O=C(c1nccc2ccccc12)N1CCCC[C@@H]1c1ncc(Cc2ccccc2Cl)o1. The van der Waals surface area contributed by atoms with Crippen molar-refractivity contribution in [1.29, 1.82) is 0 Å². The molecule has 0 spiro atoms. The van der Waals surface area contributed by atoms with Crippen molar-refractivity contribution < 1.29 is 9.21 Å². The highest BCUT2D eigenvalue weighted by Gasteiger charge is 2.33. The van der Waals surface area contributed by atoms with E-state index in [4.69, 9.17) is 16.0 Å². The van der Waals surface area contributed by atoms with Gasteiger partial charge in [0.25, 0.3) is 5.91 Å². The van der Waals surface area contributed by atoms with Gasteiger partial charge in [-0.15, -0.1) is 0 Å². The van der Waals surface area contributed by atoms with Gasteiger partial charge >= 0.3 is 0 Å². The van der Waals surface area contributed by atoms with Gasteiger partial charge in [0, 0.05) is 29.6 Å². The second-order valence-electron chi connectivity index (χ2n) is 7.82. The first-order chi connectivity index (χ1) is 15.2. The Labute approximate surface area is 185 Å².